The third kappa shape index (κ3) is 5.34. The van der Waals surface area contributed by atoms with Crippen molar-refractivity contribution in [3.8, 4) is 0 Å². The SMILES string of the molecule is CC(C)CCCCNC1CC(C)CCC1C. The molecule has 0 radical (unpaired) electrons. The van der Waals surface area contributed by atoms with E-state index < -0.39 is 0 Å². The van der Waals surface area contributed by atoms with Gasteiger partial charge in [-0.3, -0.25) is 0 Å². The standard InChI is InChI=1S/C15H31N/c1-12(2)7-5-6-10-16-15-11-13(3)8-9-14(15)4/h12-16H,5-11H2,1-4H3. The molecule has 0 spiro atoms. The van der Waals surface area contributed by atoms with E-state index in [-0.39, 0.29) is 0 Å². The Labute approximate surface area is 102 Å². The van der Waals surface area contributed by atoms with Crippen molar-refractivity contribution in [3.05, 3.63) is 0 Å². The number of hydrogen-bond acceptors (Lipinski definition) is 1. The smallest absolute Gasteiger partial charge is 0.00952 e. The van der Waals surface area contributed by atoms with Crippen molar-refractivity contribution >= 4 is 0 Å². The Bertz CT molecular complexity index is 176. The molecule has 1 aliphatic rings. The van der Waals surface area contributed by atoms with Gasteiger partial charge in [0.15, 0.2) is 0 Å². The van der Waals surface area contributed by atoms with E-state index in [1.165, 1.54) is 45.1 Å². The zero-order valence-electron chi connectivity index (χ0n) is 11.8. The zero-order valence-corrected chi connectivity index (χ0v) is 11.8. The molecule has 0 heterocycles. The van der Waals surface area contributed by atoms with Crippen LogP contribution in [0.5, 0.6) is 0 Å². The summed E-state index contributed by atoms with van der Waals surface area (Å²) in [4.78, 5) is 0. The Balaban J connectivity index is 2.07. The molecule has 16 heavy (non-hydrogen) atoms. The first kappa shape index (κ1) is 14.0. The fraction of sp³-hybridized carbons (Fsp3) is 1.00. The molecule has 0 aromatic carbocycles. The highest BCUT2D eigenvalue weighted by atomic mass is 14.9. The Hall–Kier alpha value is -0.0400. The Morgan fingerprint density at radius 2 is 1.88 bits per heavy atom. The summed E-state index contributed by atoms with van der Waals surface area (Å²) in [5, 5.41) is 3.78. The maximum atomic E-state index is 3.78. The summed E-state index contributed by atoms with van der Waals surface area (Å²) in [5.41, 5.74) is 0. The van der Waals surface area contributed by atoms with Crippen LogP contribution in [0.15, 0.2) is 0 Å². The van der Waals surface area contributed by atoms with Crippen LogP contribution in [0.3, 0.4) is 0 Å². The maximum Gasteiger partial charge on any atom is 0.00952 e. The quantitative estimate of drug-likeness (QED) is 0.667. The fourth-order valence-corrected chi connectivity index (χ4v) is 2.78. The zero-order chi connectivity index (χ0) is 12.0. The molecule has 0 bridgehead atoms. The molecule has 0 amide bonds. The van der Waals surface area contributed by atoms with Gasteiger partial charge in [0, 0.05) is 6.04 Å². The second kappa shape index (κ2) is 7.32. The van der Waals surface area contributed by atoms with Crippen molar-refractivity contribution in [2.45, 2.75) is 72.3 Å². The van der Waals surface area contributed by atoms with Gasteiger partial charge in [0.1, 0.15) is 0 Å². The lowest BCUT2D eigenvalue weighted by Gasteiger charge is -2.33. The molecule has 1 aliphatic carbocycles. The topological polar surface area (TPSA) is 12.0 Å². The minimum absolute atomic E-state index is 0.794. The van der Waals surface area contributed by atoms with Crippen LogP contribution < -0.4 is 5.32 Å². The minimum Gasteiger partial charge on any atom is -0.314 e. The molecule has 1 N–H and O–H groups in total. The van der Waals surface area contributed by atoms with E-state index in [2.05, 4.69) is 33.0 Å². The maximum absolute atomic E-state index is 3.78. The Morgan fingerprint density at radius 1 is 1.12 bits per heavy atom. The first-order valence-electron chi connectivity index (χ1n) is 7.33. The molecule has 0 saturated heterocycles. The summed E-state index contributed by atoms with van der Waals surface area (Å²) < 4.78 is 0. The summed E-state index contributed by atoms with van der Waals surface area (Å²) in [7, 11) is 0. The molecule has 0 aliphatic heterocycles. The molecule has 1 rings (SSSR count). The van der Waals surface area contributed by atoms with Crippen LogP contribution in [0.1, 0.15) is 66.2 Å². The number of rotatable bonds is 6. The average Bonchev–Trinajstić information content (AvgIpc) is 2.22. The van der Waals surface area contributed by atoms with Crippen LogP contribution in [0.4, 0.5) is 0 Å². The largest absolute Gasteiger partial charge is 0.314 e. The monoisotopic (exact) mass is 225 g/mol. The van der Waals surface area contributed by atoms with E-state index in [9.17, 15) is 0 Å². The molecular formula is C15H31N. The Kier molecular flexibility index (Phi) is 6.41. The molecule has 96 valence electrons. The molecule has 1 fully saturated rings. The molecule has 0 aromatic heterocycles. The Morgan fingerprint density at radius 3 is 2.56 bits per heavy atom. The lowest BCUT2D eigenvalue weighted by molar-refractivity contribution is 0.228. The van der Waals surface area contributed by atoms with Crippen LogP contribution in [0, 0.1) is 17.8 Å². The fourth-order valence-electron chi connectivity index (χ4n) is 2.78. The van der Waals surface area contributed by atoms with Crippen molar-refractivity contribution in [3.63, 3.8) is 0 Å². The predicted octanol–water partition coefficient (Wildman–Crippen LogP) is 4.23. The third-order valence-corrected chi connectivity index (χ3v) is 4.07. The van der Waals surface area contributed by atoms with Gasteiger partial charge < -0.3 is 5.32 Å². The summed E-state index contributed by atoms with van der Waals surface area (Å²) >= 11 is 0. The van der Waals surface area contributed by atoms with E-state index >= 15 is 0 Å². The van der Waals surface area contributed by atoms with E-state index in [0.717, 1.165) is 23.8 Å². The summed E-state index contributed by atoms with van der Waals surface area (Å²) in [6.07, 6.45) is 8.39. The highest BCUT2D eigenvalue weighted by molar-refractivity contribution is 4.81. The lowest BCUT2D eigenvalue weighted by Crippen LogP contribution is -2.39. The molecular weight excluding hydrogens is 194 g/mol. The summed E-state index contributed by atoms with van der Waals surface area (Å²) in [6, 6.07) is 0.794. The highest BCUT2D eigenvalue weighted by Gasteiger charge is 2.24. The highest BCUT2D eigenvalue weighted by Crippen LogP contribution is 2.28. The van der Waals surface area contributed by atoms with Crippen LogP contribution in [-0.4, -0.2) is 12.6 Å². The van der Waals surface area contributed by atoms with Crippen LogP contribution in [-0.2, 0) is 0 Å². The van der Waals surface area contributed by atoms with Crippen LogP contribution in [0.2, 0.25) is 0 Å². The van der Waals surface area contributed by atoms with Crippen molar-refractivity contribution in [2.24, 2.45) is 17.8 Å². The van der Waals surface area contributed by atoms with E-state index in [0.29, 0.717) is 0 Å². The van der Waals surface area contributed by atoms with Gasteiger partial charge in [-0.15, -0.1) is 0 Å². The van der Waals surface area contributed by atoms with Gasteiger partial charge in [0.25, 0.3) is 0 Å². The van der Waals surface area contributed by atoms with Crippen LogP contribution in [0.25, 0.3) is 0 Å². The number of hydrogen-bond donors (Lipinski definition) is 1. The predicted molar refractivity (Wildman–Crippen MR) is 72.7 cm³/mol. The van der Waals surface area contributed by atoms with Gasteiger partial charge in [-0.2, -0.15) is 0 Å². The van der Waals surface area contributed by atoms with Gasteiger partial charge in [-0.05, 0) is 43.6 Å². The lowest BCUT2D eigenvalue weighted by atomic mass is 9.80. The van der Waals surface area contributed by atoms with Gasteiger partial charge in [0.05, 0.1) is 0 Å². The number of unbranched alkanes of at least 4 members (excludes halogenated alkanes) is 1. The van der Waals surface area contributed by atoms with Gasteiger partial charge in [-0.25, -0.2) is 0 Å². The van der Waals surface area contributed by atoms with Crippen molar-refractivity contribution in [1.29, 1.82) is 0 Å². The first-order chi connectivity index (χ1) is 7.59. The second-order valence-electron chi connectivity index (χ2n) is 6.35. The van der Waals surface area contributed by atoms with E-state index in [4.69, 9.17) is 0 Å². The van der Waals surface area contributed by atoms with E-state index in [1.54, 1.807) is 0 Å². The van der Waals surface area contributed by atoms with Crippen LogP contribution >= 0.6 is 0 Å². The average molecular weight is 225 g/mol. The molecule has 1 saturated carbocycles. The van der Waals surface area contributed by atoms with Gasteiger partial charge in [-0.1, -0.05) is 47.0 Å². The summed E-state index contributed by atoms with van der Waals surface area (Å²) in [5.74, 6) is 2.69. The van der Waals surface area contributed by atoms with Gasteiger partial charge >= 0.3 is 0 Å². The van der Waals surface area contributed by atoms with Crippen molar-refractivity contribution in [1.82, 2.24) is 5.32 Å². The molecule has 3 atom stereocenters. The first-order valence-corrected chi connectivity index (χ1v) is 7.33. The van der Waals surface area contributed by atoms with E-state index in [1.807, 2.05) is 0 Å². The molecule has 3 unspecified atom stereocenters. The van der Waals surface area contributed by atoms with Gasteiger partial charge in [0.2, 0.25) is 0 Å². The van der Waals surface area contributed by atoms with Crippen molar-refractivity contribution in [2.75, 3.05) is 6.54 Å². The second-order valence-corrected chi connectivity index (χ2v) is 6.35. The normalized spacial score (nSPS) is 30.9. The third-order valence-electron chi connectivity index (χ3n) is 4.07. The molecule has 0 aromatic rings. The molecule has 1 heteroatoms. The van der Waals surface area contributed by atoms with Crippen molar-refractivity contribution < 1.29 is 0 Å². The minimum atomic E-state index is 0.794. The summed E-state index contributed by atoms with van der Waals surface area (Å²) in [6.45, 7) is 10.7. The molecule has 1 nitrogen and oxygen atoms in total. The number of nitrogens with one attached hydrogen (secondary N) is 1.